The van der Waals surface area contributed by atoms with Gasteiger partial charge >= 0.3 is 11.9 Å². The number of hydrogen-bond donors (Lipinski definition) is 0. The van der Waals surface area contributed by atoms with Crippen molar-refractivity contribution in [2.45, 2.75) is 13.0 Å². The lowest BCUT2D eigenvalue weighted by molar-refractivity contribution is -0.402. The molecule has 2 aromatic carbocycles. The maximum absolute atomic E-state index is 13.6. The van der Waals surface area contributed by atoms with E-state index in [9.17, 15) is 19.7 Å². The van der Waals surface area contributed by atoms with Crippen LogP contribution in [0.15, 0.2) is 92.6 Å². The van der Waals surface area contributed by atoms with Crippen molar-refractivity contribution in [3.8, 4) is 0 Å². The number of ether oxygens (including phenoxy) is 1. The second kappa shape index (κ2) is 9.59. The third-order valence-corrected chi connectivity index (χ3v) is 6.54. The van der Waals surface area contributed by atoms with Crippen LogP contribution in [0, 0.1) is 10.1 Å². The molecule has 0 saturated carbocycles. The van der Waals surface area contributed by atoms with Crippen LogP contribution in [0.3, 0.4) is 0 Å². The number of benzene rings is 2. The number of carbonyl (C=O) groups is 1. The zero-order chi connectivity index (χ0) is 25.2. The molecular weight excluding hydrogens is 482 g/mol. The summed E-state index contributed by atoms with van der Waals surface area (Å²) in [4.78, 5) is 42.4. The smallest absolute Gasteiger partial charge is 0.433 e. The molecule has 180 valence electrons. The Hall–Kier alpha value is -4.57. The van der Waals surface area contributed by atoms with Gasteiger partial charge in [0, 0.05) is 11.6 Å². The first-order chi connectivity index (χ1) is 17.5. The van der Waals surface area contributed by atoms with E-state index in [4.69, 9.17) is 14.1 Å². The van der Waals surface area contributed by atoms with Crippen LogP contribution in [0.5, 0.6) is 0 Å². The van der Waals surface area contributed by atoms with Crippen LogP contribution < -0.4 is 14.9 Å². The molecule has 5 rings (SSSR count). The lowest BCUT2D eigenvalue weighted by Crippen LogP contribution is -2.39. The maximum Gasteiger partial charge on any atom is 0.433 e. The number of fused-ring (bicyclic) bond motifs is 1. The lowest BCUT2D eigenvalue weighted by atomic mass is 9.93. The summed E-state index contributed by atoms with van der Waals surface area (Å²) < 4.78 is 12.4. The molecule has 0 saturated heterocycles. The molecule has 0 aliphatic carbocycles. The van der Waals surface area contributed by atoms with Crippen molar-refractivity contribution in [1.29, 1.82) is 0 Å². The normalized spacial score (nSPS) is 15.4. The molecule has 0 amide bonds. The minimum atomic E-state index is -0.787. The molecule has 1 aliphatic rings. The van der Waals surface area contributed by atoms with E-state index in [1.807, 2.05) is 60.7 Å². The average molecular weight is 502 g/mol. The van der Waals surface area contributed by atoms with E-state index in [0.717, 1.165) is 11.3 Å². The molecule has 10 heteroatoms. The molecule has 36 heavy (non-hydrogen) atoms. The predicted molar refractivity (Wildman–Crippen MR) is 133 cm³/mol. The molecule has 3 heterocycles. The Bertz CT molecular complexity index is 1670. The lowest BCUT2D eigenvalue weighted by Gasteiger charge is -2.25. The first kappa shape index (κ1) is 23.2. The summed E-state index contributed by atoms with van der Waals surface area (Å²) in [5.74, 6) is -0.826. The van der Waals surface area contributed by atoms with Gasteiger partial charge < -0.3 is 9.15 Å². The molecule has 0 spiro atoms. The number of nitro groups is 1. The second-order valence-electron chi connectivity index (χ2n) is 7.78. The van der Waals surface area contributed by atoms with Crippen molar-refractivity contribution in [2.24, 2.45) is 4.99 Å². The quantitative estimate of drug-likeness (QED) is 0.227. The highest BCUT2D eigenvalue weighted by Crippen LogP contribution is 2.35. The summed E-state index contributed by atoms with van der Waals surface area (Å²) in [6.45, 7) is 1.88. The zero-order valence-electron chi connectivity index (χ0n) is 19.0. The first-order valence-electron chi connectivity index (χ1n) is 11.1. The summed E-state index contributed by atoms with van der Waals surface area (Å²) in [7, 11) is 0. The summed E-state index contributed by atoms with van der Waals surface area (Å²) >= 11 is 1.11. The van der Waals surface area contributed by atoms with E-state index in [-0.39, 0.29) is 22.5 Å². The van der Waals surface area contributed by atoms with Crippen molar-refractivity contribution in [3.05, 3.63) is 125 Å². The molecule has 0 N–H and O–H groups in total. The largest absolute Gasteiger partial charge is 0.463 e. The maximum atomic E-state index is 13.6. The fourth-order valence-electron chi connectivity index (χ4n) is 4.04. The van der Waals surface area contributed by atoms with Crippen LogP contribution in [0.25, 0.3) is 11.8 Å². The summed E-state index contributed by atoms with van der Waals surface area (Å²) in [6, 6.07) is 20.3. The average Bonchev–Trinajstić information content (AvgIpc) is 3.49. The molecule has 4 aromatic rings. The van der Waals surface area contributed by atoms with Gasteiger partial charge in [0.2, 0.25) is 0 Å². The van der Waals surface area contributed by atoms with Crippen molar-refractivity contribution >= 4 is 35.0 Å². The van der Waals surface area contributed by atoms with Gasteiger partial charge in [-0.2, -0.15) is 0 Å². The molecular formula is C26H19N3O6S. The molecule has 2 aromatic heterocycles. The van der Waals surface area contributed by atoms with E-state index in [0.29, 0.717) is 21.6 Å². The fraction of sp³-hybridized carbons (Fsp3) is 0.115. The minimum absolute atomic E-state index is 0.160. The van der Waals surface area contributed by atoms with Crippen LogP contribution in [-0.4, -0.2) is 22.1 Å². The third kappa shape index (κ3) is 4.18. The Morgan fingerprint density at radius 2 is 1.83 bits per heavy atom. The Morgan fingerprint density at radius 1 is 1.14 bits per heavy atom. The van der Waals surface area contributed by atoms with Crippen LogP contribution >= 0.6 is 11.3 Å². The number of hydrogen-bond acceptors (Lipinski definition) is 8. The standard InChI is InChI=1S/C26H19N3O6S/c1-2-34-25(31)21-22(16-9-5-3-6-10-16)27-26-28(23(21)17-11-7-4-8-12-17)24(30)19(36-26)15-18-13-14-20(35-18)29(32)33/h3-15,23H,2H2,1H3/b19-15-/t23-/m1/s1. The second-order valence-corrected chi connectivity index (χ2v) is 8.78. The number of rotatable bonds is 6. The predicted octanol–water partition coefficient (Wildman–Crippen LogP) is 3.44. The number of furan rings is 1. The van der Waals surface area contributed by atoms with Gasteiger partial charge in [-0.15, -0.1) is 0 Å². The molecule has 0 unspecified atom stereocenters. The van der Waals surface area contributed by atoms with Crippen molar-refractivity contribution in [2.75, 3.05) is 6.61 Å². The van der Waals surface area contributed by atoms with Crippen molar-refractivity contribution in [1.82, 2.24) is 4.57 Å². The number of aromatic nitrogens is 1. The molecule has 0 radical (unpaired) electrons. The van der Waals surface area contributed by atoms with E-state index >= 15 is 0 Å². The minimum Gasteiger partial charge on any atom is -0.463 e. The van der Waals surface area contributed by atoms with Gasteiger partial charge in [0.1, 0.15) is 10.7 Å². The van der Waals surface area contributed by atoms with Gasteiger partial charge in [-0.1, -0.05) is 72.0 Å². The topological polar surface area (TPSA) is 117 Å². The van der Waals surface area contributed by atoms with Crippen molar-refractivity contribution < 1.29 is 18.9 Å². The highest BCUT2D eigenvalue weighted by Gasteiger charge is 2.35. The van der Waals surface area contributed by atoms with Gasteiger partial charge in [-0.25, -0.2) is 9.79 Å². The van der Waals surface area contributed by atoms with Crippen LogP contribution in [0.4, 0.5) is 5.88 Å². The molecule has 9 nitrogen and oxygen atoms in total. The van der Waals surface area contributed by atoms with Crippen LogP contribution in [-0.2, 0) is 9.53 Å². The monoisotopic (exact) mass is 501 g/mol. The summed E-state index contributed by atoms with van der Waals surface area (Å²) in [5.41, 5.74) is 1.69. The summed E-state index contributed by atoms with van der Waals surface area (Å²) in [6.07, 6.45) is 1.44. The Balaban J connectivity index is 1.80. The van der Waals surface area contributed by atoms with Crippen LogP contribution in [0.2, 0.25) is 0 Å². The third-order valence-electron chi connectivity index (χ3n) is 5.55. The number of esters is 1. The molecule has 1 atom stereocenters. The van der Waals surface area contributed by atoms with Gasteiger partial charge in [-0.05, 0) is 18.6 Å². The first-order valence-corrected chi connectivity index (χ1v) is 11.9. The van der Waals surface area contributed by atoms with Gasteiger partial charge in [0.25, 0.3) is 5.56 Å². The van der Waals surface area contributed by atoms with Gasteiger partial charge in [0.15, 0.2) is 4.80 Å². The number of carbonyl (C=O) groups excluding carboxylic acids is 1. The zero-order valence-corrected chi connectivity index (χ0v) is 19.8. The Morgan fingerprint density at radius 3 is 2.47 bits per heavy atom. The van der Waals surface area contributed by atoms with Crippen LogP contribution in [0.1, 0.15) is 29.9 Å². The van der Waals surface area contributed by atoms with Gasteiger partial charge in [-0.3, -0.25) is 19.5 Å². The molecule has 0 bridgehead atoms. The SMILES string of the molecule is CCOC(=O)C1=C(c2ccccc2)N=c2s/c(=C\c3ccc([N+](=O)[O-])o3)c(=O)n2[C@@H]1c1ccccc1. The highest BCUT2D eigenvalue weighted by molar-refractivity contribution is 7.07. The van der Waals surface area contributed by atoms with E-state index in [2.05, 4.69) is 0 Å². The molecule has 0 fully saturated rings. The Labute approximate surface area is 208 Å². The summed E-state index contributed by atoms with van der Waals surface area (Å²) in [5, 5.41) is 11.0. The van der Waals surface area contributed by atoms with Gasteiger partial charge in [0.05, 0.1) is 34.5 Å². The fourth-order valence-corrected chi connectivity index (χ4v) is 5.02. The van der Waals surface area contributed by atoms with Crippen molar-refractivity contribution in [3.63, 3.8) is 0 Å². The highest BCUT2D eigenvalue weighted by atomic mass is 32.1. The molecule has 1 aliphatic heterocycles. The van der Waals surface area contributed by atoms with E-state index in [1.54, 1.807) is 6.92 Å². The van der Waals surface area contributed by atoms with E-state index in [1.165, 1.54) is 22.8 Å². The Kier molecular flexibility index (Phi) is 6.17. The van der Waals surface area contributed by atoms with E-state index < -0.39 is 28.4 Å². The number of thiazole rings is 1. The number of nitrogens with zero attached hydrogens (tertiary/aromatic N) is 3.